The Kier molecular flexibility index (Phi) is 6.71. The van der Waals surface area contributed by atoms with Crippen LogP contribution in [0, 0.1) is 0 Å². The Bertz CT molecular complexity index is 533. The van der Waals surface area contributed by atoms with Crippen molar-refractivity contribution in [2.24, 2.45) is 0 Å². The molecule has 0 spiro atoms. The van der Waals surface area contributed by atoms with Gasteiger partial charge < -0.3 is 15.5 Å². The first kappa shape index (κ1) is 17.6. The SMILES string of the molecule is CC1CCCCN1C(=O)NCCCC(=O)Nc1ccc(Cl)cc1. The zero-order chi connectivity index (χ0) is 16.7. The van der Waals surface area contributed by atoms with Gasteiger partial charge in [0.05, 0.1) is 0 Å². The lowest BCUT2D eigenvalue weighted by Crippen LogP contribution is -2.47. The molecule has 1 atom stereocenters. The molecule has 5 nitrogen and oxygen atoms in total. The first-order valence-electron chi connectivity index (χ1n) is 8.16. The van der Waals surface area contributed by atoms with E-state index in [-0.39, 0.29) is 11.9 Å². The maximum absolute atomic E-state index is 12.1. The van der Waals surface area contributed by atoms with Crippen molar-refractivity contribution in [3.05, 3.63) is 29.3 Å². The molecule has 0 saturated carbocycles. The highest BCUT2D eigenvalue weighted by molar-refractivity contribution is 6.30. The maximum Gasteiger partial charge on any atom is 0.317 e. The first-order valence-corrected chi connectivity index (χ1v) is 8.54. The van der Waals surface area contributed by atoms with Crippen LogP contribution in [0.15, 0.2) is 24.3 Å². The third kappa shape index (κ3) is 5.75. The molecule has 0 radical (unpaired) electrons. The van der Waals surface area contributed by atoms with E-state index < -0.39 is 0 Å². The van der Waals surface area contributed by atoms with Crippen LogP contribution in [0.5, 0.6) is 0 Å². The highest BCUT2D eigenvalue weighted by Gasteiger charge is 2.22. The average Bonchev–Trinajstić information content (AvgIpc) is 2.54. The van der Waals surface area contributed by atoms with Crippen molar-refractivity contribution in [2.75, 3.05) is 18.4 Å². The minimum atomic E-state index is -0.0621. The van der Waals surface area contributed by atoms with Gasteiger partial charge in [-0.2, -0.15) is 0 Å². The number of carbonyl (C=O) groups is 2. The van der Waals surface area contributed by atoms with Crippen LogP contribution < -0.4 is 10.6 Å². The van der Waals surface area contributed by atoms with Crippen molar-refractivity contribution < 1.29 is 9.59 Å². The fourth-order valence-corrected chi connectivity index (χ4v) is 2.83. The third-order valence-electron chi connectivity index (χ3n) is 4.05. The maximum atomic E-state index is 12.1. The van der Waals surface area contributed by atoms with Gasteiger partial charge in [-0.15, -0.1) is 0 Å². The number of nitrogens with zero attached hydrogens (tertiary/aromatic N) is 1. The van der Waals surface area contributed by atoms with Gasteiger partial charge in [-0.3, -0.25) is 4.79 Å². The van der Waals surface area contributed by atoms with E-state index >= 15 is 0 Å². The molecule has 0 bridgehead atoms. The molecule has 23 heavy (non-hydrogen) atoms. The van der Waals surface area contributed by atoms with E-state index in [9.17, 15) is 9.59 Å². The number of likely N-dealkylation sites (tertiary alicyclic amines) is 1. The van der Waals surface area contributed by atoms with Gasteiger partial charge in [-0.25, -0.2) is 4.79 Å². The molecule has 1 heterocycles. The summed E-state index contributed by atoms with van der Waals surface area (Å²) in [4.78, 5) is 25.8. The second-order valence-corrected chi connectivity index (χ2v) is 6.37. The zero-order valence-corrected chi connectivity index (χ0v) is 14.2. The molecule has 1 aromatic rings. The van der Waals surface area contributed by atoms with E-state index in [1.807, 2.05) is 4.90 Å². The van der Waals surface area contributed by atoms with Crippen LogP contribution in [-0.2, 0) is 4.79 Å². The molecule has 1 saturated heterocycles. The normalized spacial score (nSPS) is 17.7. The van der Waals surface area contributed by atoms with Gasteiger partial charge in [0.2, 0.25) is 5.91 Å². The quantitative estimate of drug-likeness (QED) is 0.806. The predicted molar refractivity (Wildman–Crippen MR) is 92.7 cm³/mol. The summed E-state index contributed by atoms with van der Waals surface area (Å²) in [6.45, 7) is 3.42. The monoisotopic (exact) mass is 337 g/mol. The van der Waals surface area contributed by atoms with Crippen LogP contribution in [0.3, 0.4) is 0 Å². The fraction of sp³-hybridized carbons (Fsp3) is 0.529. The summed E-state index contributed by atoms with van der Waals surface area (Å²) in [6, 6.07) is 7.28. The molecule has 1 unspecified atom stereocenters. The number of rotatable bonds is 5. The summed E-state index contributed by atoms with van der Waals surface area (Å²) >= 11 is 5.80. The topological polar surface area (TPSA) is 61.4 Å². The van der Waals surface area contributed by atoms with Gasteiger partial charge in [0.1, 0.15) is 0 Å². The number of amides is 3. The average molecular weight is 338 g/mol. The number of benzene rings is 1. The number of piperidine rings is 1. The smallest absolute Gasteiger partial charge is 0.317 e. The molecule has 1 aliphatic heterocycles. The summed E-state index contributed by atoms with van der Waals surface area (Å²) in [5, 5.41) is 6.34. The van der Waals surface area contributed by atoms with Crippen molar-refractivity contribution in [1.29, 1.82) is 0 Å². The second-order valence-electron chi connectivity index (χ2n) is 5.93. The highest BCUT2D eigenvalue weighted by atomic mass is 35.5. The summed E-state index contributed by atoms with van der Waals surface area (Å²) in [5.41, 5.74) is 0.727. The lowest BCUT2D eigenvalue weighted by molar-refractivity contribution is -0.116. The Morgan fingerprint density at radius 2 is 2.00 bits per heavy atom. The summed E-state index contributed by atoms with van der Waals surface area (Å²) in [7, 11) is 0. The molecule has 2 rings (SSSR count). The van der Waals surface area contributed by atoms with Crippen molar-refractivity contribution in [1.82, 2.24) is 10.2 Å². The van der Waals surface area contributed by atoms with Gasteiger partial charge in [0.25, 0.3) is 0 Å². The van der Waals surface area contributed by atoms with Crippen LogP contribution in [0.2, 0.25) is 5.02 Å². The second kappa shape index (κ2) is 8.77. The number of halogens is 1. The Morgan fingerprint density at radius 3 is 2.70 bits per heavy atom. The molecule has 6 heteroatoms. The fourth-order valence-electron chi connectivity index (χ4n) is 2.70. The summed E-state index contributed by atoms with van der Waals surface area (Å²) in [5.74, 6) is -0.0621. The van der Waals surface area contributed by atoms with Gasteiger partial charge in [-0.05, 0) is 56.9 Å². The first-order chi connectivity index (χ1) is 11.1. The van der Waals surface area contributed by atoms with E-state index in [0.29, 0.717) is 30.5 Å². The number of hydrogen-bond acceptors (Lipinski definition) is 2. The standard InChI is InChI=1S/C17H24ClN3O2/c1-13-5-2-3-12-21(13)17(23)19-11-4-6-16(22)20-15-9-7-14(18)8-10-15/h7-10,13H,2-6,11-12H2,1H3,(H,19,23)(H,20,22). The molecule has 1 aromatic carbocycles. The van der Waals surface area contributed by atoms with E-state index in [2.05, 4.69) is 17.6 Å². The largest absolute Gasteiger partial charge is 0.338 e. The molecule has 0 aromatic heterocycles. The highest BCUT2D eigenvalue weighted by Crippen LogP contribution is 2.16. The third-order valence-corrected chi connectivity index (χ3v) is 4.30. The van der Waals surface area contributed by atoms with Gasteiger partial charge in [0, 0.05) is 36.3 Å². The Morgan fingerprint density at radius 1 is 1.26 bits per heavy atom. The Balaban J connectivity index is 1.63. The van der Waals surface area contributed by atoms with E-state index in [0.717, 1.165) is 25.1 Å². The van der Waals surface area contributed by atoms with Gasteiger partial charge in [0.15, 0.2) is 0 Å². The Labute approximate surface area is 142 Å². The number of urea groups is 1. The lowest BCUT2D eigenvalue weighted by atomic mass is 10.0. The van der Waals surface area contributed by atoms with E-state index in [4.69, 9.17) is 11.6 Å². The molecule has 0 aliphatic carbocycles. The lowest BCUT2D eigenvalue weighted by Gasteiger charge is -2.33. The molecular weight excluding hydrogens is 314 g/mol. The van der Waals surface area contributed by atoms with Crippen molar-refractivity contribution >= 4 is 29.2 Å². The van der Waals surface area contributed by atoms with Crippen LogP contribution in [0.4, 0.5) is 10.5 Å². The Hall–Kier alpha value is -1.75. The van der Waals surface area contributed by atoms with Crippen molar-refractivity contribution in [3.63, 3.8) is 0 Å². The molecule has 2 N–H and O–H groups in total. The molecule has 3 amide bonds. The zero-order valence-electron chi connectivity index (χ0n) is 13.5. The predicted octanol–water partition coefficient (Wildman–Crippen LogP) is 3.64. The van der Waals surface area contributed by atoms with Crippen molar-refractivity contribution in [2.45, 2.75) is 45.1 Å². The minimum absolute atomic E-state index is 0.0182. The summed E-state index contributed by atoms with van der Waals surface area (Å²) < 4.78 is 0. The van der Waals surface area contributed by atoms with E-state index in [1.54, 1.807) is 24.3 Å². The van der Waals surface area contributed by atoms with Gasteiger partial charge in [-0.1, -0.05) is 11.6 Å². The van der Waals surface area contributed by atoms with Crippen molar-refractivity contribution in [3.8, 4) is 0 Å². The number of nitrogens with one attached hydrogen (secondary N) is 2. The van der Waals surface area contributed by atoms with E-state index in [1.165, 1.54) is 6.42 Å². The van der Waals surface area contributed by atoms with Crippen LogP contribution >= 0.6 is 11.6 Å². The minimum Gasteiger partial charge on any atom is -0.338 e. The number of anilines is 1. The molecule has 1 aliphatic rings. The molecule has 1 fully saturated rings. The number of carbonyl (C=O) groups excluding carboxylic acids is 2. The number of hydrogen-bond donors (Lipinski definition) is 2. The molecular formula is C17H24ClN3O2. The van der Waals surface area contributed by atoms with Crippen LogP contribution in [0.25, 0.3) is 0 Å². The summed E-state index contributed by atoms with van der Waals surface area (Å²) in [6.07, 6.45) is 4.32. The van der Waals surface area contributed by atoms with Crippen LogP contribution in [0.1, 0.15) is 39.0 Å². The molecule has 126 valence electrons. The van der Waals surface area contributed by atoms with Gasteiger partial charge >= 0.3 is 6.03 Å². The van der Waals surface area contributed by atoms with Crippen LogP contribution in [-0.4, -0.2) is 36.0 Å².